The summed E-state index contributed by atoms with van der Waals surface area (Å²) >= 11 is 0. The molecule has 2 aromatic carbocycles. The fraction of sp³-hybridized carbons (Fsp3) is 0.263. The number of cyclic esters (lactones) is 1. The summed E-state index contributed by atoms with van der Waals surface area (Å²) in [5.41, 5.74) is 7.95. The number of carbonyl (C=O) groups is 2. The summed E-state index contributed by atoms with van der Waals surface area (Å²) in [5, 5.41) is 0. The first-order chi connectivity index (χ1) is 11.6. The van der Waals surface area contributed by atoms with Crippen LogP contribution in [0.25, 0.3) is 0 Å². The van der Waals surface area contributed by atoms with Gasteiger partial charge in [-0.1, -0.05) is 42.5 Å². The number of hydrogen-bond donors (Lipinski definition) is 1. The van der Waals surface area contributed by atoms with Crippen LogP contribution in [0.15, 0.2) is 54.6 Å². The molecule has 2 amide bonds. The third-order valence-electron chi connectivity index (χ3n) is 4.26. The fourth-order valence-electron chi connectivity index (χ4n) is 2.94. The molecule has 1 saturated heterocycles. The molecule has 1 aliphatic heterocycles. The van der Waals surface area contributed by atoms with Crippen LogP contribution in [-0.4, -0.2) is 30.1 Å². The van der Waals surface area contributed by atoms with Gasteiger partial charge in [0, 0.05) is 12.1 Å². The van der Waals surface area contributed by atoms with Gasteiger partial charge < -0.3 is 10.5 Å². The van der Waals surface area contributed by atoms with E-state index < -0.39 is 5.91 Å². The number of amides is 2. The van der Waals surface area contributed by atoms with Gasteiger partial charge in [-0.25, -0.2) is 4.79 Å². The molecule has 2 N–H and O–H groups in total. The van der Waals surface area contributed by atoms with Crippen molar-refractivity contribution >= 4 is 12.0 Å². The summed E-state index contributed by atoms with van der Waals surface area (Å²) in [4.78, 5) is 24.8. The van der Waals surface area contributed by atoms with E-state index in [1.54, 1.807) is 17.0 Å². The van der Waals surface area contributed by atoms with Crippen molar-refractivity contribution in [1.82, 2.24) is 4.90 Å². The molecule has 1 fully saturated rings. The zero-order chi connectivity index (χ0) is 16.9. The standard InChI is InChI=1S/C19H20N2O3/c20-18(22)16-10-8-14(9-11-16)5-4-12-21-17(13-24-19(21)23)15-6-2-1-3-7-15/h1-3,6-11,17H,4-5,12-13H2,(H2,20,22). The van der Waals surface area contributed by atoms with Crippen LogP contribution in [0.2, 0.25) is 0 Å². The number of nitrogens with two attached hydrogens (primary N) is 1. The van der Waals surface area contributed by atoms with Crippen molar-refractivity contribution in [2.75, 3.05) is 13.2 Å². The molecule has 3 rings (SSSR count). The Morgan fingerprint density at radius 3 is 2.50 bits per heavy atom. The van der Waals surface area contributed by atoms with Gasteiger partial charge in [-0.05, 0) is 36.1 Å². The van der Waals surface area contributed by atoms with E-state index in [-0.39, 0.29) is 12.1 Å². The lowest BCUT2D eigenvalue weighted by atomic mass is 10.0. The van der Waals surface area contributed by atoms with Crippen LogP contribution in [0.1, 0.15) is 33.9 Å². The molecular weight excluding hydrogens is 304 g/mol. The number of aryl methyl sites for hydroxylation is 1. The Balaban J connectivity index is 1.58. The first-order valence-corrected chi connectivity index (χ1v) is 8.02. The van der Waals surface area contributed by atoms with Crippen LogP contribution in [-0.2, 0) is 11.2 Å². The van der Waals surface area contributed by atoms with E-state index >= 15 is 0 Å². The van der Waals surface area contributed by atoms with E-state index in [1.807, 2.05) is 42.5 Å². The lowest BCUT2D eigenvalue weighted by molar-refractivity contribution is 0.1000. The summed E-state index contributed by atoms with van der Waals surface area (Å²) in [6.07, 6.45) is 1.39. The van der Waals surface area contributed by atoms with Crippen molar-refractivity contribution in [3.8, 4) is 0 Å². The smallest absolute Gasteiger partial charge is 0.410 e. The summed E-state index contributed by atoms with van der Waals surface area (Å²) < 4.78 is 5.21. The number of primary amides is 1. The number of nitrogens with zero attached hydrogens (tertiary/aromatic N) is 1. The Morgan fingerprint density at radius 1 is 1.12 bits per heavy atom. The third-order valence-corrected chi connectivity index (χ3v) is 4.26. The first-order valence-electron chi connectivity index (χ1n) is 8.02. The van der Waals surface area contributed by atoms with E-state index in [1.165, 1.54) is 0 Å². The zero-order valence-electron chi connectivity index (χ0n) is 13.4. The predicted molar refractivity (Wildman–Crippen MR) is 90.5 cm³/mol. The SMILES string of the molecule is NC(=O)c1ccc(CCCN2C(=O)OCC2c2ccccc2)cc1. The molecule has 2 aromatic rings. The van der Waals surface area contributed by atoms with Crippen LogP contribution in [0.4, 0.5) is 4.79 Å². The summed E-state index contributed by atoms with van der Waals surface area (Å²) in [7, 11) is 0. The van der Waals surface area contributed by atoms with Gasteiger partial charge in [0.2, 0.25) is 5.91 Å². The zero-order valence-corrected chi connectivity index (χ0v) is 13.4. The Morgan fingerprint density at radius 2 is 1.83 bits per heavy atom. The number of carbonyl (C=O) groups excluding carboxylic acids is 2. The van der Waals surface area contributed by atoms with E-state index in [4.69, 9.17) is 10.5 Å². The Labute approximate surface area is 141 Å². The molecule has 5 heteroatoms. The Hall–Kier alpha value is -2.82. The maximum atomic E-state index is 12.0. The average Bonchev–Trinajstić information content (AvgIpc) is 2.97. The fourth-order valence-corrected chi connectivity index (χ4v) is 2.94. The second kappa shape index (κ2) is 7.17. The van der Waals surface area contributed by atoms with Crippen molar-refractivity contribution in [2.45, 2.75) is 18.9 Å². The van der Waals surface area contributed by atoms with Gasteiger partial charge in [-0.15, -0.1) is 0 Å². The second-order valence-electron chi connectivity index (χ2n) is 5.86. The minimum absolute atomic E-state index is 0.0177. The molecule has 0 bridgehead atoms. The monoisotopic (exact) mass is 324 g/mol. The number of hydrogen-bond acceptors (Lipinski definition) is 3. The van der Waals surface area contributed by atoms with E-state index in [0.29, 0.717) is 18.7 Å². The predicted octanol–water partition coefficient (Wildman–Crippen LogP) is 2.91. The molecule has 0 saturated carbocycles. The number of benzene rings is 2. The van der Waals surface area contributed by atoms with Crippen molar-refractivity contribution < 1.29 is 14.3 Å². The second-order valence-corrected chi connectivity index (χ2v) is 5.86. The van der Waals surface area contributed by atoms with Crippen LogP contribution in [0.3, 0.4) is 0 Å². The Kier molecular flexibility index (Phi) is 4.79. The molecule has 1 aliphatic rings. The molecule has 0 aliphatic carbocycles. The van der Waals surface area contributed by atoms with Gasteiger partial charge in [0.1, 0.15) is 6.61 Å². The van der Waals surface area contributed by atoms with E-state index in [0.717, 1.165) is 24.0 Å². The highest BCUT2D eigenvalue weighted by Gasteiger charge is 2.33. The van der Waals surface area contributed by atoms with Crippen molar-refractivity contribution in [3.63, 3.8) is 0 Å². The largest absolute Gasteiger partial charge is 0.447 e. The third kappa shape index (κ3) is 3.56. The first kappa shape index (κ1) is 16.1. The Bertz CT molecular complexity index is 713. The minimum atomic E-state index is -0.424. The topological polar surface area (TPSA) is 72.6 Å². The maximum Gasteiger partial charge on any atom is 0.410 e. The average molecular weight is 324 g/mol. The summed E-state index contributed by atoms with van der Waals surface area (Å²) in [6, 6.07) is 17.2. The molecule has 1 unspecified atom stereocenters. The van der Waals surface area contributed by atoms with Gasteiger partial charge in [0.15, 0.2) is 0 Å². The lowest BCUT2D eigenvalue weighted by Crippen LogP contribution is -2.29. The normalized spacial score (nSPS) is 16.9. The molecule has 5 nitrogen and oxygen atoms in total. The van der Waals surface area contributed by atoms with E-state index in [9.17, 15) is 9.59 Å². The van der Waals surface area contributed by atoms with Crippen LogP contribution >= 0.6 is 0 Å². The molecular formula is C19H20N2O3. The molecule has 1 atom stereocenters. The van der Waals surface area contributed by atoms with Crippen molar-refractivity contribution in [1.29, 1.82) is 0 Å². The quantitative estimate of drug-likeness (QED) is 0.888. The molecule has 0 aromatic heterocycles. The maximum absolute atomic E-state index is 12.0. The lowest BCUT2D eigenvalue weighted by Gasteiger charge is -2.21. The molecule has 24 heavy (non-hydrogen) atoms. The molecule has 1 heterocycles. The highest BCUT2D eigenvalue weighted by atomic mass is 16.6. The van der Waals surface area contributed by atoms with Crippen molar-refractivity contribution in [2.24, 2.45) is 5.73 Å². The summed E-state index contributed by atoms with van der Waals surface area (Å²) in [5.74, 6) is -0.424. The van der Waals surface area contributed by atoms with Gasteiger partial charge in [0.05, 0.1) is 6.04 Å². The van der Waals surface area contributed by atoms with Crippen molar-refractivity contribution in [3.05, 3.63) is 71.3 Å². The summed E-state index contributed by atoms with van der Waals surface area (Å²) in [6.45, 7) is 1.03. The highest BCUT2D eigenvalue weighted by Crippen LogP contribution is 2.27. The molecule has 0 spiro atoms. The minimum Gasteiger partial charge on any atom is -0.447 e. The van der Waals surface area contributed by atoms with Crippen LogP contribution < -0.4 is 5.73 Å². The van der Waals surface area contributed by atoms with Crippen LogP contribution in [0, 0.1) is 0 Å². The molecule has 124 valence electrons. The number of rotatable bonds is 6. The highest BCUT2D eigenvalue weighted by molar-refractivity contribution is 5.92. The van der Waals surface area contributed by atoms with E-state index in [2.05, 4.69) is 0 Å². The van der Waals surface area contributed by atoms with Gasteiger partial charge in [0.25, 0.3) is 0 Å². The van der Waals surface area contributed by atoms with Crippen LogP contribution in [0.5, 0.6) is 0 Å². The van der Waals surface area contributed by atoms with Gasteiger partial charge >= 0.3 is 6.09 Å². The van der Waals surface area contributed by atoms with Gasteiger partial charge in [-0.3, -0.25) is 9.69 Å². The number of ether oxygens (including phenoxy) is 1. The molecule has 0 radical (unpaired) electrons. The van der Waals surface area contributed by atoms with Gasteiger partial charge in [-0.2, -0.15) is 0 Å².